The van der Waals surface area contributed by atoms with Crippen LogP contribution in [-0.2, 0) is 0 Å². The van der Waals surface area contributed by atoms with Crippen molar-refractivity contribution >= 4 is 18.5 Å². The summed E-state index contributed by atoms with van der Waals surface area (Å²) in [7, 11) is 0. The van der Waals surface area contributed by atoms with E-state index >= 15 is 0 Å². The lowest BCUT2D eigenvalue weighted by Gasteiger charge is -2.25. The zero-order valence-electron chi connectivity index (χ0n) is 9.31. The molecule has 0 radical (unpaired) electrons. The summed E-state index contributed by atoms with van der Waals surface area (Å²) in [5, 5.41) is 0. The first kappa shape index (κ1) is 11.3. The number of carbonyl (C=O) groups excluding carboxylic acids is 1. The molecule has 3 heteroatoms. The second kappa shape index (κ2) is 4.74. The molecule has 0 atom stereocenters. The molecule has 16 heavy (non-hydrogen) atoms. The molecule has 1 aliphatic rings. The summed E-state index contributed by atoms with van der Waals surface area (Å²) in [5.41, 5.74) is 2.09. The van der Waals surface area contributed by atoms with Crippen LogP contribution in [-0.4, -0.2) is 23.9 Å². The summed E-state index contributed by atoms with van der Waals surface area (Å²) in [4.78, 5) is 14.8. The van der Waals surface area contributed by atoms with Crippen molar-refractivity contribution in [3.05, 3.63) is 41.5 Å². The van der Waals surface area contributed by atoms with E-state index in [0.29, 0.717) is 0 Å². The van der Waals surface area contributed by atoms with Crippen LogP contribution in [0.1, 0.15) is 23.7 Å². The van der Waals surface area contributed by atoms with E-state index in [4.69, 9.17) is 0 Å². The predicted octanol–water partition coefficient (Wildman–Crippen LogP) is 2.77. The van der Waals surface area contributed by atoms with Gasteiger partial charge >= 0.3 is 0 Å². The smallest absolute Gasteiger partial charge is 0.254 e. The van der Waals surface area contributed by atoms with E-state index in [9.17, 15) is 4.79 Å². The van der Waals surface area contributed by atoms with E-state index in [2.05, 4.69) is 25.6 Å². The van der Waals surface area contributed by atoms with E-state index in [1.807, 2.05) is 29.2 Å². The van der Waals surface area contributed by atoms with Gasteiger partial charge in [-0.3, -0.25) is 4.79 Å². The summed E-state index contributed by atoms with van der Waals surface area (Å²) >= 11 is 4.24. The minimum absolute atomic E-state index is 0.0969. The molecular weight excluding hydrogens is 218 g/mol. The number of benzene rings is 1. The molecule has 1 aromatic rings. The van der Waals surface area contributed by atoms with Gasteiger partial charge in [-0.15, -0.1) is 12.6 Å². The van der Waals surface area contributed by atoms with Crippen molar-refractivity contribution in [3.63, 3.8) is 0 Å². The third-order valence-corrected chi connectivity index (χ3v) is 3.09. The van der Waals surface area contributed by atoms with E-state index < -0.39 is 0 Å². The Balaban J connectivity index is 2.14. The van der Waals surface area contributed by atoms with Crippen LogP contribution in [0, 0.1) is 0 Å². The molecule has 2 rings (SSSR count). The highest BCUT2D eigenvalue weighted by atomic mass is 32.1. The third-order valence-electron chi connectivity index (χ3n) is 2.82. The van der Waals surface area contributed by atoms with Crippen LogP contribution < -0.4 is 0 Å². The second-order valence-corrected chi connectivity index (χ2v) is 4.62. The van der Waals surface area contributed by atoms with Crippen LogP contribution in [0.4, 0.5) is 0 Å². The van der Waals surface area contributed by atoms with Gasteiger partial charge in [-0.1, -0.05) is 17.7 Å². The van der Waals surface area contributed by atoms with Crippen molar-refractivity contribution in [1.29, 1.82) is 0 Å². The van der Waals surface area contributed by atoms with Crippen molar-refractivity contribution in [1.82, 2.24) is 4.90 Å². The number of carbonyl (C=O) groups is 1. The molecule has 0 aliphatic carbocycles. The van der Waals surface area contributed by atoms with Crippen LogP contribution >= 0.6 is 12.6 Å². The monoisotopic (exact) mass is 233 g/mol. The van der Waals surface area contributed by atoms with Crippen molar-refractivity contribution in [2.24, 2.45) is 0 Å². The summed E-state index contributed by atoms with van der Waals surface area (Å²) < 4.78 is 0. The number of nitrogens with zero attached hydrogens (tertiary/aromatic N) is 1. The fourth-order valence-electron chi connectivity index (χ4n) is 1.78. The Morgan fingerprint density at radius 2 is 2.25 bits per heavy atom. The Labute approximate surface area is 101 Å². The van der Waals surface area contributed by atoms with Crippen LogP contribution in [0.15, 0.2) is 40.8 Å². The largest absolute Gasteiger partial charge is 0.335 e. The first-order chi connectivity index (χ1) is 7.66. The first-order valence-electron chi connectivity index (χ1n) is 5.41. The molecule has 0 fully saturated rings. The number of hydrogen-bond acceptors (Lipinski definition) is 2. The normalized spacial score (nSPS) is 15.9. The highest BCUT2D eigenvalue weighted by Crippen LogP contribution is 2.15. The highest BCUT2D eigenvalue weighted by molar-refractivity contribution is 7.80. The zero-order chi connectivity index (χ0) is 11.5. The van der Waals surface area contributed by atoms with Crippen molar-refractivity contribution in [3.8, 4) is 0 Å². The average Bonchev–Trinajstić information content (AvgIpc) is 2.29. The minimum atomic E-state index is 0.0969. The van der Waals surface area contributed by atoms with E-state index in [0.717, 1.165) is 30.0 Å². The van der Waals surface area contributed by atoms with Gasteiger partial charge in [0.1, 0.15) is 0 Å². The second-order valence-electron chi connectivity index (χ2n) is 4.10. The van der Waals surface area contributed by atoms with Gasteiger partial charge in [-0.2, -0.15) is 0 Å². The Morgan fingerprint density at radius 3 is 2.88 bits per heavy atom. The van der Waals surface area contributed by atoms with E-state index in [1.165, 1.54) is 5.57 Å². The van der Waals surface area contributed by atoms with Crippen molar-refractivity contribution in [2.45, 2.75) is 18.2 Å². The quantitative estimate of drug-likeness (QED) is 0.584. The summed E-state index contributed by atoms with van der Waals surface area (Å²) in [6.07, 6.45) is 3.10. The van der Waals surface area contributed by atoms with E-state index in [1.54, 1.807) is 0 Å². The highest BCUT2D eigenvalue weighted by Gasteiger charge is 2.17. The number of hydrogen-bond donors (Lipinski definition) is 1. The first-order valence-corrected chi connectivity index (χ1v) is 5.85. The molecule has 0 saturated heterocycles. The van der Waals surface area contributed by atoms with Gasteiger partial charge in [0, 0.05) is 23.5 Å². The summed E-state index contributed by atoms with van der Waals surface area (Å²) in [5.74, 6) is 0.0969. The van der Waals surface area contributed by atoms with Gasteiger partial charge in [0.15, 0.2) is 0 Å². The zero-order valence-corrected chi connectivity index (χ0v) is 10.2. The average molecular weight is 233 g/mol. The van der Waals surface area contributed by atoms with Gasteiger partial charge < -0.3 is 4.90 Å². The van der Waals surface area contributed by atoms with Gasteiger partial charge in [-0.05, 0) is 31.5 Å². The lowest BCUT2D eigenvalue weighted by Crippen LogP contribution is -2.34. The minimum Gasteiger partial charge on any atom is -0.335 e. The van der Waals surface area contributed by atoms with Crippen LogP contribution in [0.5, 0.6) is 0 Å². The standard InChI is InChI=1S/C13H15NOS/c1-10-5-7-14(8-6-10)13(15)11-3-2-4-12(16)9-11/h2-5,9,16H,6-8H2,1H3. The summed E-state index contributed by atoms with van der Waals surface area (Å²) in [6, 6.07) is 7.39. The molecule has 1 amide bonds. The van der Waals surface area contributed by atoms with Gasteiger partial charge in [0.25, 0.3) is 5.91 Å². The van der Waals surface area contributed by atoms with Gasteiger partial charge in [-0.25, -0.2) is 0 Å². The van der Waals surface area contributed by atoms with Gasteiger partial charge in [0.05, 0.1) is 0 Å². The Hall–Kier alpha value is -1.22. The Morgan fingerprint density at radius 1 is 1.44 bits per heavy atom. The fraction of sp³-hybridized carbons (Fsp3) is 0.308. The van der Waals surface area contributed by atoms with Crippen LogP contribution in [0.2, 0.25) is 0 Å². The lowest BCUT2D eigenvalue weighted by molar-refractivity contribution is 0.0769. The Kier molecular flexibility index (Phi) is 3.34. The molecular formula is C13H15NOS. The number of amides is 1. The molecule has 0 unspecified atom stereocenters. The number of thiol groups is 1. The fourth-order valence-corrected chi connectivity index (χ4v) is 2.00. The maximum absolute atomic E-state index is 12.1. The molecule has 0 spiro atoms. The van der Waals surface area contributed by atoms with Crippen LogP contribution in [0.3, 0.4) is 0 Å². The SMILES string of the molecule is CC1=CCN(C(=O)c2cccc(S)c2)CC1. The molecule has 84 valence electrons. The third kappa shape index (κ3) is 2.47. The molecule has 0 bridgehead atoms. The molecule has 0 saturated carbocycles. The van der Waals surface area contributed by atoms with Crippen LogP contribution in [0.25, 0.3) is 0 Å². The lowest BCUT2D eigenvalue weighted by atomic mass is 10.1. The van der Waals surface area contributed by atoms with Crippen molar-refractivity contribution < 1.29 is 4.79 Å². The predicted molar refractivity (Wildman–Crippen MR) is 68.0 cm³/mol. The maximum Gasteiger partial charge on any atom is 0.254 e. The number of rotatable bonds is 1. The van der Waals surface area contributed by atoms with Crippen molar-refractivity contribution in [2.75, 3.05) is 13.1 Å². The molecule has 1 aliphatic heterocycles. The molecule has 2 nitrogen and oxygen atoms in total. The summed E-state index contributed by atoms with van der Waals surface area (Å²) in [6.45, 7) is 3.65. The molecule has 1 heterocycles. The molecule has 0 N–H and O–H groups in total. The Bertz CT molecular complexity index is 439. The van der Waals surface area contributed by atoms with E-state index in [-0.39, 0.29) is 5.91 Å². The molecule has 1 aromatic carbocycles. The topological polar surface area (TPSA) is 20.3 Å². The maximum atomic E-state index is 12.1. The molecule has 0 aromatic heterocycles. The van der Waals surface area contributed by atoms with Gasteiger partial charge in [0.2, 0.25) is 0 Å².